The van der Waals surface area contributed by atoms with Gasteiger partial charge in [-0.05, 0) is 29.4 Å². The van der Waals surface area contributed by atoms with E-state index < -0.39 is 5.91 Å². The highest BCUT2D eigenvalue weighted by Crippen LogP contribution is 2.21. The molecule has 1 aromatic carbocycles. The third kappa shape index (κ3) is 3.77. The molecule has 0 heterocycles. The minimum Gasteiger partial charge on any atom is -0.398 e. The van der Waals surface area contributed by atoms with Gasteiger partial charge in [-0.1, -0.05) is 19.9 Å². The third-order valence-corrected chi connectivity index (χ3v) is 3.56. The van der Waals surface area contributed by atoms with Gasteiger partial charge < -0.3 is 11.5 Å². The molecule has 1 rings (SSSR count). The van der Waals surface area contributed by atoms with Crippen LogP contribution in [0.3, 0.4) is 0 Å². The van der Waals surface area contributed by atoms with Crippen molar-refractivity contribution in [2.24, 2.45) is 11.7 Å². The first-order valence-electron chi connectivity index (χ1n) is 5.26. The van der Waals surface area contributed by atoms with Crippen molar-refractivity contribution in [2.45, 2.75) is 19.6 Å². The second-order valence-electron chi connectivity index (χ2n) is 4.19. The number of anilines is 1. The Hall–Kier alpha value is -1.16. The summed E-state index contributed by atoms with van der Waals surface area (Å²) in [5.41, 5.74) is 13.2. The normalized spacial score (nSPS) is 10.7. The fourth-order valence-corrected chi connectivity index (χ4v) is 2.36. The van der Waals surface area contributed by atoms with Crippen molar-refractivity contribution in [2.75, 3.05) is 11.5 Å². The van der Waals surface area contributed by atoms with Crippen molar-refractivity contribution in [3.8, 4) is 0 Å². The maximum atomic E-state index is 10.9. The predicted molar refractivity (Wildman–Crippen MR) is 70.4 cm³/mol. The Morgan fingerprint density at radius 1 is 1.44 bits per heavy atom. The van der Waals surface area contributed by atoms with Crippen LogP contribution in [0.1, 0.15) is 29.8 Å². The Labute approximate surface area is 101 Å². The number of carbonyl (C=O) groups excluding carboxylic acids is 1. The van der Waals surface area contributed by atoms with Crippen molar-refractivity contribution in [1.82, 2.24) is 0 Å². The van der Waals surface area contributed by atoms with E-state index in [2.05, 4.69) is 13.8 Å². The lowest BCUT2D eigenvalue weighted by Gasteiger charge is -2.08. The zero-order valence-electron chi connectivity index (χ0n) is 9.69. The van der Waals surface area contributed by atoms with Crippen LogP contribution in [-0.2, 0) is 5.75 Å². The Morgan fingerprint density at radius 3 is 2.62 bits per heavy atom. The van der Waals surface area contributed by atoms with Gasteiger partial charge in [-0.2, -0.15) is 11.8 Å². The molecule has 0 fully saturated rings. The van der Waals surface area contributed by atoms with Crippen molar-refractivity contribution in [3.63, 3.8) is 0 Å². The minimum absolute atomic E-state index is 0.437. The molecule has 16 heavy (non-hydrogen) atoms. The number of thioether (sulfide) groups is 1. The molecule has 3 nitrogen and oxygen atoms in total. The number of amides is 1. The number of rotatable bonds is 5. The van der Waals surface area contributed by atoms with Crippen LogP contribution in [0.5, 0.6) is 0 Å². The maximum absolute atomic E-state index is 10.9. The van der Waals surface area contributed by atoms with Crippen LogP contribution in [0.25, 0.3) is 0 Å². The summed E-state index contributed by atoms with van der Waals surface area (Å²) >= 11 is 1.85. The topological polar surface area (TPSA) is 69.1 Å². The standard InChI is InChI=1S/C12H18N2OS/c1-8(2)6-16-7-10-4-3-9(12(14)15)5-11(10)13/h3-5,8H,6-7,13H2,1-2H3,(H2,14,15). The van der Waals surface area contributed by atoms with E-state index >= 15 is 0 Å². The summed E-state index contributed by atoms with van der Waals surface area (Å²) in [5.74, 6) is 2.23. The molecule has 0 unspecified atom stereocenters. The van der Waals surface area contributed by atoms with Crippen LogP contribution in [0.4, 0.5) is 5.69 Å². The van der Waals surface area contributed by atoms with Crippen LogP contribution in [-0.4, -0.2) is 11.7 Å². The molecule has 0 atom stereocenters. The zero-order valence-corrected chi connectivity index (χ0v) is 10.5. The molecule has 0 aromatic heterocycles. The number of hydrogen-bond acceptors (Lipinski definition) is 3. The fourth-order valence-electron chi connectivity index (χ4n) is 1.28. The van der Waals surface area contributed by atoms with Gasteiger partial charge in [0, 0.05) is 17.0 Å². The average Bonchev–Trinajstić information content (AvgIpc) is 2.19. The summed E-state index contributed by atoms with van der Waals surface area (Å²) in [6.45, 7) is 4.37. The van der Waals surface area contributed by atoms with E-state index in [-0.39, 0.29) is 0 Å². The number of benzene rings is 1. The summed E-state index contributed by atoms with van der Waals surface area (Å²) in [4.78, 5) is 10.9. The van der Waals surface area contributed by atoms with Crippen molar-refractivity contribution in [3.05, 3.63) is 29.3 Å². The first kappa shape index (κ1) is 12.9. The van der Waals surface area contributed by atoms with Gasteiger partial charge in [0.05, 0.1) is 0 Å². The Bertz CT molecular complexity index is 377. The first-order chi connectivity index (χ1) is 7.50. The van der Waals surface area contributed by atoms with Crippen molar-refractivity contribution < 1.29 is 4.79 Å². The van der Waals surface area contributed by atoms with Gasteiger partial charge in [-0.3, -0.25) is 4.79 Å². The summed E-state index contributed by atoms with van der Waals surface area (Å²) in [6, 6.07) is 5.25. The lowest BCUT2D eigenvalue weighted by molar-refractivity contribution is 0.100. The SMILES string of the molecule is CC(C)CSCc1ccc(C(N)=O)cc1N. The molecule has 0 radical (unpaired) electrons. The minimum atomic E-state index is -0.437. The monoisotopic (exact) mass is 238 g/mol. The van der Waals surface area contributed by atoms with Gasteiger partial charge in [0.15, 0.2) is 0 Å². The van der Waals surface area contributed by atoms with E-state index in [1.54, 1.807) is 12.1 Å². The van der Waals surface area contributed by atoms with Crippen LogP contribution < -0.4 is 11.5 Å². The molecule has 0 aliphatic heterocycles. The number of nitrogen functional groups attached to an aromatic ring is 1. The highest BCUT2D eigenvalue weighted by atomic mass is 32.2. The van der Waals surface area contributed by atoms with Gasteiger partial charge >= 0.3 is 0 Å². The molecule has 0 saturated carbocycles. The van der Waals surface area contributed by atoms with Gasteiger partial charge in [0.1, 0.15) is 0 Å². The van der Waals surface area contributed by atoms with Gasteiger partial charge in [-0.15, -0.1) is 0 Å². The molecule has 88 valence electrons. The Balaban J connectivity index is 2.64. The summed E-state index contributed by atoms with van der Waals surface area (Å²) < 4.78 is 0. The highest BCUT2D eigenvalue weighted by Gasteiger charge is 2.05. The lowest BCUT2D eigenvalue weighted by Crippen LogP contribution is -2.11. The van der Waals surface area contributed by atoms with E-state index in [1.165, 1.54) is 0 Å². The quantitative estimate of drug-likeness (QED) is 0.773. The van der Waals surface area contributed by atoms with Gasteiger partial charge in [0.25, 0.3) is 0 Å². The molecule has 1 aromatic rings. The summed E-state index contributed by atoms with van der Waals surface area (Å²) in [5, 5.41) is 0. The van der Waals surface area contributed by atoms with Crippen LogP contribution in [0.15, 0.2) is 18.2 Å². The predicted octanol–water partition coefficient (Wildman–Crippen LogP) is 2.26. The number of nitrogens with two attached hydrogens (primary N) is 2. The summed E-state index contributed by atoms with van der Waals surface area (Å²) in [7, 11) is 0. The van der Waals surface area contributed by atoms with E-state index in [9.17, 15) is 4.79 Å². The molecule has 0 aliphatic carbocycles. The molecular formula is C12H18N2OS. The van der Waals surface area contributed by atoms with Crippen LogP contribution in [0.2, 0.25) is 0 Å². The first-order valence-corrected chi connectivity index (χ1v) is 6.42. The second kappa shape index (κ2) is 5.80. The molecule has 0 bridgehead atoms. The smallest absolute Gasteiger partial charge is 0.248 e. The Kier molecular flexibility index (Phi) is 4.68. The largest absolute Gasteiger partial charge is 0.398 e. The second-order valence-corrected chi connectivity index (χ2v) is 5.22. The van der Waals surface area contributed by atoms with E-state index in [1.807, 2.05) is 17.8 Å². The molecular weight excluding hydrogens is 220 g/mol. The van der Waals surface area contributed by atoms with E-state index in [0.29, 0.717) is 17.2 Å². The van der Waals surface area contributed by atoms with Crippen LogP contribution >= 0.6 is 11.8 Å². The van der Waals surface area contributed by atoms with Gasteiger partial charge in [-0.25, -0.2) is 0 Å². The average molecular weight is 238 g/mol. The zero-order chi connectivity index (χ0) is 12.1. The lowest BCUT2D eigenvalue weighted by atomic mass is 10.1. The molecule has 0 saturated heterocycles. The summed E-state index contributed by atoms with van der Waals surface area (Å²) in [6.07, 6.45) is 0. The number of carbonyl (C=O) groups is 1. The van der Waals surface area contributed by atoms with E-state index in [4.69, 9.17) is 11.5 Å². The third-order valence-electron chi connectivity index (χ3n) is 2.14. The fraction of sp³-hybridized carbons (Fsp3) is 0.417. The maximum Gasteiger partial charge on any atom is 0.248 e. The highest BCUT2D eigenvalue weighted by molar-refractivity contribution is 7.98. The number of primary amides is 1. The van der Waals surface area contributed by atoms with Crippen molar-refractivity contribution >= 4 is 23.4 Å². The Morgan fingerprint density at radius 2 is 2.12 bits per heavy atom. The van der Waals surface area contributed by atoms with Crippen molar-refractivity contribution in [1.29, 1.82) is 0 Å². The van der Waals surface area contributed by atoms with Gasteiger partial charge in [0.2, 0.25) is 5.91 Å². The molecule has 4 heteroatoms. The molecule has 1 amide bonds. The molecule has 4 N–H and O–H groups in total. The molecule has 0 spiro atoms. The molecule has 0 aliphatic rings. The van der Waals surface area contributed by atoms with Crippen LogP contribution in [0, 0.1) is 5.92 Å². The van der Waals surface area contributed by atoms with E-state index in [0.717, 1.165) is 17.1 Å². The number of hydrogen-bond donors (Lipinski definition) is 2.